The third-order valence-corrected chi connectivity index (χ3v) is 3.00. The zero-order chi connectivity index (χ0) is 12.9. The molecule has 6 heteroatoms. The van der Waals surface area contributed by atoms with Gasteiger partial charge in [-0.25, -0.2) is 0 Å². The van der Waals surface area contributed by atoms with Gasteiger partial charge in [-0.1, -0.05) is 19.3 Å². The summed E-state index contributed by atoms with van der Waals surface area (Å²) in [6.45, 7) is -1.42. The van der Waals surface area contributed by atoms with Crippen molar-refractivity contribution < 1.29 is 23.1 Å². The Bertz CT molecular complexity index is 250. The van der Waals surface area contributed by atoms with E-state index >= 15 is 0 Å². The second kappa shape index (κ2) is 6.23. The van der Waals surface area contributed by atoms with Crippen LogP contribution in [0.4, 0.5) is 13.2 Å². The van der Waals surface area contributed by atoms with E-state index in [1.807, 2.05) is 0 Å². The molecule has 17 heavy (non-hydrogen) atoms. The minimum atomic E-state index is -4.33. The quantitative estimate of drug-likeness (QED) is 0.818. The third kappa shape index (κ3) is 6.51. The summed E-state index contributed by atoms with van der Waals surface area (Å²) in [6, 6.07) is 0. The zero-order valence-electron chi connectivity index (χ0n) is 9.67. The van der Waals surface area contributed by atoms with Crippen molar-refractivity contribution in [2.75, 3.05) is 19.6 Å². The van der Waals surface area contributed by atoms with E-state index in [1.165, 1.54) is 0 Å². The van der Waals surface area contributed by atoms with E-state index in [9.17, 15) is 18.0 Å². The predicted molar refractivity (Wildman–Crippen MR) is 56.7 cm³/mol. The first-order valence-corrected chi connectivity index (χ1v) is 5.88. The smallest absolute Gasteiger partial charge is 0.401 e. The molecular weight excluding hydrogens is 235 g/mol. The lowest BCUT2D eigenvalue weighted by atomic mass is 9.89. The van der Waals surface area contributed by atoms with E-state index in [1.54, 1.807) is 0 Å². The highest BCUT2D eigenvalue weighted by Gasteiger charge is 2.32. The summed E-state index contributed by atoms with van der Waals surface area (Å²) in [7, 11) is 0. The van der Waals surface area contributed by atoms with Gasteiger partial charge >= 0.3 is 12.1 Å². The van der Waals surface area contributed by atoms with Crippen molar-refractivity contribution in [2.45, 2.75) is 38.3 Å². The van der Waals surface area contributed by atoms with Crippen molar-refractivity contribution in [1.82, 2.24) is 4.90 Å². The average molecular weight is 253 g/mol. The number of rotatable bonds is 5. The molecule has 0 radical (unpaired) electrons. The third-order valence-electron chi connectivity index (χ3n) is 3.00. The maximum Gasteiger partial charge on any atom is 0.401 e. The molecule has 0 unspecified atom stereocenters. The highest BCUT2D eigenvalue weighted by atomic mass is 19.4. The molecule has 0 saturated heterocycles. The standard InChI is InChI=1S/C11H18F3NO2/c12-11(13,14)8-15(7-10(16)17)6-9-4-2-1-3-5-9/h9H,1-8H2,(H,16,17). The molecule has 0 aromatic heterocycles. The van der Waals surface area contributed by atoms with Crippen LogP contribution in [-0.4, -0.2) is 41.8 Å². The van der Waals surface area contributed by atoms with Gasteiger partial charge in [0.05, 0.1) is 13.1 Å². The molecule has 1 aliphatic rings. The zero-order valence-corrected chi connectivity index (χ0v) is 9.67. The number of halogens is 3. The fraction of sp³-hybridized carbons (Fsp3) is 0.909. The fourth-order valence-corrected chi connectivity index (χ4v) is 2.36. The molecule has 1 saturated carbocycles. The predicted octanol–water partition coefficient (Wildman–Crippen LogP) is 2.52. The van der Waals surface area contributed by atoms with Crippen LogP contribution in [0, 0.1) is 5.92 Å². The molecule has 100 valence electrons. The lowest BCUT2D eigenvalue weighted by molar-refractivity contribution is -0.155. The minimum absolute atomic E-state index is 0.213. The minimum Gasteiger partial charge on any atom is -0.480 e. The number of nitrogens with zero attached hydrogens (tertiary/aromatic N) is 1. The van der Waals surface area contributed by atoms with E-state index in [-0.39, 0.29) is 12.5 Å². The summed E-state index contributed by atoms with van der Waals surface area (Å²) in [5.74, 6) is -0.990. The maximum absolute atomic E-state index is 12.3. The Kier molecular flexibility index (Phi) is 5.24. The normalized spacial score (nSPS) is 18.6. The lowest BCUT2D eigenvalue weighted by Gasteiger charge is -2.29. The molecule has 0 spiro atoms. The molecule has 1 aliphatic carbocycles. The molecule has 0 amide bonds. The van der Waals surface area contributed by atoms with Gasteiger partial charge in [0.25, 0.3) is 0 Å². The van der Waals surface area contributed by atoms with Gasteiger partial charge in [0.1, 0.15) is 0 Å². The Morgan fingerprint density at radius 1 is 1.24 bits per heavy atom. The number of alkyl halides is 3. The molecule has 0 atom stereocenters. The second-order valence-corrected chi connectivity index (χ2v) is 4.68. The highest BCUT2D eigenvalue weighted by molar-refractivity contribution is 5.69. The summed E-state index contributed by atoms with van der Waals surface area (Å²) >= 11 is 0. The molecule has 0 heterocycles. The Labute approximate surface area is 98.6 Å². The van der Waals surface area contributed by atoms with Gasteiger partial charge in [0.15, 0.2) is 0 Å². The summed E-state index contributed by atoms with van der Waals surface area (Å²) in [4.78, 5) is 11.5. The summed E-state index contributed by atoms with van der Waals surface area (Å²) in [5, 5.41) is 8.60. The van der Waals surface area contributed by atoms with Crippen molar-refractivity contribution in [2.24, 2.45) is 5.92 Å². The molecule has 1 fully saturated rings. The van der Waals surface area contributed by atoms with Crippen molar-refractivity contribution >= 4 is 5.97 Å². The van der Waals surface area contributed by atoms with Crippen LogP contribution in [0.5, 0.6) is 0 Å². The first-order valence-electron chi connectivity index (χ1n) is 5.88. The van der Waals surface area contributed by atoms with Crippen LogP contribution in [0.1, 0.15) is 32.1 Å². The number of hydrogen-bond donors (Lipinski definition) is 1. The molecule has 0 aromatic carbocycles. The second-order valence-electron chi connectivity index (χ2n) is 4.68. The van der Waals surface area contributed by atoms with E-state index in [4.69, 9.17) is 5.11 Å². The van der Waals surface area contributed by atoms with E-state index in [0.29, 0.717) is 0 Å². The van der Waals surface area contributed by atoms with Crippen LogP contribution in [0.25, 0.3) is 0 Å². The molecular formula is C11H18F3NO2. The van der Waals surface area contributed by atoms with Gasteiger partial charge in [-0.05, 0) is 18.8 Å². The van der Waals surface area contributed by atoms with E-state index in [2.05, 4.69) is 0 Å². The Morgan fingerprint density at radius 2 is 1.82 bits per heavy atom. The van der Waals surface area contributed by atoms with Gasteiger partial charge in [-0.3, -0.25) is 9.69 Å². The van der Waals surface area contributed by atoms with Crippen LogP contribution in [0.15, 0.2) is 0 Å². The van der Waals surface area contributed by atoms with Crippen molar-refractivity contribution in [3.63, 3.8) is 0 Å². The Morgan fingerprint density at radius 3 is 2.29 bits per heavy atom. The van der Waals surface area contributed by atoms with Crippen LogP contribution in [0.2, 0.25) is 0 Å². The summed E-state index contributed by atoms with van der Waals surface area (Å²) in [6.07, 6.45) is 0.704. The SMILES string of the molecule is O=C(O)CN(CC1CCCCC1)CC(F)(F)F. The monoisotopic (exact) mass is 253 g/mol. The van der Waals surface area contributed by atoms with Crippen molar-refractivity contribution in [1.29, 1.82) is 0 Å². The molecule has 3 nitrogen and oxygen atoms in total. The number of carboxylic acids is 1. The Balaban J connectivity index is 2.46. The van der Waals surface area contributed by atoms with E-state index < -0.39 is 25.2 Å². The van der Waals surface area contributed by atoms with Crippen molar-refractivity contribution in [3.8, 4) is 0 Å². The largest absolute Gasteiger partial charge is 0.480 e. The topological polar surface area (TPSA) is 40.5 Å². The summed E-state index contributed by atoms with van der Waals surface area (Å²) in [5.41, 5.74) is 0. The molecule has 0 aliphatic heterocycles. The molecule has 0 bridgehead atoms. The first kappa shape index (κ1) is 14.3. The Hall–Kier alpha value is -0.780. The molecule has 1 N–H and O–H groups in total. The van der Waals surface area contributed by atoms with Crippen LogP contribution in [0.3, 0.4) is 0 Å². The van der Waals surface area contributed by atoms with Gasteiger partial charge in [-0.15, -0.1) is 0 Å². The molecule has 1 rings (SSSR count). The fourth-order valence-electron chi connectivity index (χ4n) is 2.36. The number of aliphatic carboxylic acids is 1. The number of carbonyl (C=O) groups is 1. The number of carboxylic acid groups (broad SMARTS) is 1. The van der Waals surface area contributed by atoms with Gasteiger partial charge in [0.2, 0.25) is 0 Å². The van der Waals surface area contributed by atoms with Crippen LogP contribution >= 0.6 is 0 Å². The van der Waals surface area contributed by atoms with Crippen LogP contribution in [-0.2, 0) is 4.79 Å². The molecule has 0 aromatic rings. The highest BCUT2D eigenvalue weighted by Crippen LogP contribution is 2.25. The lowest BCUT2D eigenvalue weighted by Crippen LogP contribution is -2.41. The van der Waals surface area contributed by atoms with Crippen LogP contribution < -0.4 is 0 Å². The average Bonchev–Trinajstić information content (AvgIpc) is 2.15. The van der Waals surface area contributed by atoms with Crippen molar-refractivity contribution in [3.05, 3.63) is 0 Å². The maximum atomic E-state index is 12.3. The van der Waals surface area contributed by atoms with Gasteiger partial charge in [-0.2, -0.15) is 13.2 Å². The van der Waals surface area contributed by atoms with E-state index in [0.717, 1.165) is 37.0 Å². The van der Waals surface area contributed by atoms with Gasteiger partial charge < -0.3 is 5.11 Å². The first-order chi connectivity index (χ1) is 7.87. The van der Waals surface area contributed by atoms with Gasteiger partial charge in [0, 0.05) is 6.54 Å². The number of hydrogen-bond acceptors (Lipinski definition) is 2. The summed E-state index contributed by atoms with van der Waals surface area (Å²) < 4.78 is 36.8.